The fourth-order valence-electron chi connectivity index (χ4n) is 1.42. The predicted octanol–water partition coefficient (Wildman–Crippen LogP) is 2.96. The van der Waals surface area contributed by atoms with E-state index in [9.17, 15) is 4.79 Å². The molecule has 0 amide bonds. The second-order valence-corrected chi connectivity index (χ2v) is 4.92. The van der Waals surface area contributed by atoms with Crippen LogP contribution in [0, 0.1) is 18.8 Å². The van der Waals surface area contributed by atoms with Crippen molar-refractivity contribution in [1.82, 2.24) is 0 Å². The van der Waals surface area contributed by atoms with Crippen molar-refractivity contribution in [1.29, 1.82) is 0 Å². The number of thiophene rings is 1. The zero-order valence-corrected chi connectivity index (χ0v) is 9.60. The largest absolute Gasteiger partial charge is 0.481 e. The summed E-state index contributed by atoms with van der Waals surface area (Å²) in [4.78, 5) is 12.2. The monoisotopic (exact) mass is 212 g/mol. The van der Waals surface area contributed by atoms with Gasteiger partial charge in [0.2, 0.25) is 0 Å². The van der Waals surface area contributed by atoms with E-state index in [0.717, 1.165) is 0 Å². The van der Waals surface area contributed by atoms with Crippen LogP contribution in [0.25, 0.3) is 0 Å². The zero-order chi connectivity index (χ0) is 10.7. The van der Waals surface area contributed by atoms with E-state index in [2.05, 4.69) is 0 Å². The van der Waals surface area contributed by atoms with E-state index in [1.165, 1.54) is 10.4 Å². The van der Waals surface area contributed by atoms with Gasteiger partial charge in [0.25, 0.3) is 0 Å². The molecule has 1 rings (SSSR count). The van der Waals surface area contributed by atoms with Crippen LogP contribution in [-0.2, 0) is 11.2 Å². The summed E-state index contributed by atoms with van der Waals surface area (Å²) in [5.41, 5.74) is 1.21. The minimum absolute atomic E-state index is 0.189. The molecule has 2 nitrogen and oxygen atoms in total. The molecule has 0 spiro atoms. The van der Waals surface area contributed by atoms with E-state index in [1.54, 1.807) is 11.3 Å². The predicted molar refractivity (Wildman–Crippen MR) is 58.7 cm³/mol. The normalized spacial score (nSPS) is 13.1. The first kappa shape index (κ1) is 11.2. The number of aryl methyl sites for hydroxylation is 1. The minimum Gasteiger partial charge on any atom is -0.481 e. The number of hydrogen-bond donors (Lipinski definition) is 1. The summed E-state index contributed by atoms with van der Waals surface area (Å²) in [5.74, 6) is -0.755. The van der Waals surface area contributed by atoms with E-state index in [-0.39, 0.29) is 11.8 Å². The lowest BCUT2D eigenvalue weighted by Gasteiger charge is -2.15. The van der Waals surface area contributed by atoms with Gasteiger partial charge in [-0.3, -0.25) is 4.79 Å². The third kappa shape index (κ3) is 2.58. The van der Waals surface area contributed by atoms with Crippen LogP contribution in [-0.4, -0.2) is 11.1 Å². The Morgan fingerprint density at radius 3 is 2.57 bits per heavy atom. The second kappa shape index (κ2) is 4.60. The summed E-state index contributed by atoms with van der Waals surface area (Å²) < 4.78 is 0. The standard InChI is InChI=1S/C11H16O2S/c1-7(2)9(11(12)13)6-10-8(3)4-5-14-10/h4-5,7,9H,6H2,1-3H3,(H,12,13). The Morgan fingerprint density at radius 2 is 2.21 bits per heavy atom. The molecule has 0 saturated heterocycles. The maximum absolute atomic E-state index is 11.0. The molecule has 1 N–H and O–H groups in total. The van der Waals surface area contributed by atoms with E-state index >= 15 is 0 Å². The van der Waals surface area contributed by atoms with Crippen molar-refractivity contribution in [3.8, 4) is 0 Å². The van der Waals surface area contributed by atoms with Gasteiger partial charge in [-0.1, -0.05) is 13.8 Å². The first-order chi connectivity index (χ1) is 6.52. The lowest BCUT2D eigenvalue weighted by molar-refractivity contribution is -0.143. The number of aliphatic carboxylic acids is 1. The van der Waals surface area contributed by atoms with E-state index in [1.807, 2.05) is 32.2 Å². The lowest BCUT2D eigenvalue weighted by Crippen LogP contribution is -2.21. The van der Waals surface area contributed by atoms with Crippen LogP contribution in [0.5, 0.6) is 0 Å². The molecule has 1 aromatic heterocycles. The Kier molecular flexibility index (Phi) is 3.69. The first-order valence-electron chi connectivity index (χ1n) is 4.78. The molecule has 3 heteroatoms. The van der Waals surface area contributed by atoms with Gasteiger partial charge in [0.15, 0.2) is 0 Å². The second-order valence-electron chi connectivity index (χ2n) is 3.92. The molecule has 0 aliphatic heterocycles. The maximum Gasteiger partial charge on any atom is 0.307 e. The van der Waals surface area contributed by atoms with Crippen LogP contribution in [0.3, 0.4) is 0 Å². The third-order valence-corrected chi connectivity index (χ3v) is 3.54. The Hall–Kier alpha value is -0.830. The quantitative estimate of drug-likeness (QED) is 0.833. The molecule has 78 valence electrons. The van der Waals surface area contributed by atoms with Crippen molar-refractivity contribution in [2.75, 3.05) is 0 Å². The molecule has 1 heterocycles. The van der Waals surface area contributed by atoms with E-state index in [0.29, 0.717) is 6.42 Å². The van der Waals surface area contributed by atoms with Crippen molar-refractivity contribution < 1.29 is 9.90 Å². The summed E-state index contributed by atoms with van der Waals surface area (Å²) in [5, 5.41) is 11.1. The molecule has 0 aliphatic rings. The van der Waals surface area contributed by atoms with Gasteiger partial charge in [0.1, 0.15) is 0 Å². The molecule has 1 aromatic rings. The van der Waals surface area contributed by atoms with Gasteiger partial charge in [0.05, 0.1) is 5.92 Å². The summed E-state index contributed by atoms with van der Waals surface area (Å²) in [6.45, 7) is 5.95. The van der Waals surface area contributed by atoms with Crippen molar-refractivity contribution in [2.45, 2.75) is 27.2 Å². The third-order valence-electron chi connectivity index (χ3n) is 2.50. The van der Waals surface area contributed by atoms with Crippen LogP contribution >= 0.6 is 11.3 Å². The molecule has 0 radical (unpaired) electrons. The molecule has 14 heavy (non-hydrogen) atoms. The number of carboxylic acids is 1. The van der Waals surface area contributed by atoms with Gasteiger partial charge in [-0.05, 0) is 36.3 Å². The summed E-state index contributed by atoms with van der Waals surface area (Å²) >= 11 is 1.65. The Morgan fingerprint density at radius 1 is 1.57 bits per heavy atom. The molecule has 1 atom stereocenters. The van der Waals surface area contributed by atoms with Crippen molar-refractivity contribution in [2.24, 2.45) is 11.8 Å². The molecule has 1 unspecified atom stereocenters. The van der Waals surface area contributed by atoms with Gasteiger partial charge in [0, 0.05) is 4.88 Å². The van der Waals surface area contributed by atoms with Gasteiger partial charge in [-0.15, -0.1) is 11.3 Å². The van der Waals surface area contributed by atoms with E-state index in [4.69, 9.17) is 5.11 Å². The highest BCUT2D eigenvalue weighted by Crippen LogP contribution is 2.23. The summed E-state index contributed by atoms with van der Waals surface area (Å²) in [7, 11) is 0. The van der Waals surface area contributed by atoms with Gasteiger partial charge >= 0.3 is 5.97 Å². The fourth-order valence-corrected chi connectivity index (χ4v) is 2.39. The Balaban J connectivity index is 2.75. The van der Waals surface area contributed by atoms with Crippen molar-refractivity contribution in [3.63, 3.8) is 0 Å². The van der Waals surface area contributed by atoms with Crippen molar-refractivity contribution >= 4 is 17.3 Å². The highest BCUT2D eigenvalue weighted by atomic mass is 32.1. The maximum atomic E-state index is 11.0. The lowest BCUT2D eigenvalue weighted by atomic mass is 9.91. The average Bonchev–Trinajstić information content (AvgIpc) is 2.46. The van der Waals surface area contributed by atoms with E-state index < -0.39 is 5.97 Å². The summed E-state index contributed by atoms with van der Waals surface area (Å²) in [6, 6.07) is 2.04. The average molecular weight is 212 g/mol. The number of hydrogen-bond acceptors (Lipinski definition) is 2. The Bertz CT molecular complexity index is 315. The number of carboxylic acid groups (broad SMARTS) is 1. The molecule has 0 fully saturated rings. The zero-order valence-electron chi connectivity index (χ0n) is 8.78. The molecule has 0 aromatic carbocycles. The smallest absolute Gasteiger partial charge is 0.307 e. The minimum atomic E-state index is -0.687. The van der Waals surface area contributed by atoms with Crippen LogP contribution in [0.2, 0.25) is 0 Å². The molecular formula is C11H16O2S. The SMILES string of the molecule is Cc1ccsc1CC(C(=O)O)C(C)C. The van der Waals surface area contributed by atoms with Gasteiger partial charge < -0.3 is 5.11 Å². The van der Waals surface area contributed by atoms with Crippen LogP contribution in [0.1, 0.15) is 24.3 Å². The summed E-state index contributed by atoms with van der Waals surface area (Å²) in [6.07, 6.45) is 0.663. The van der Waals surface area contributed by atoms with Gasteiger partial charge in [-0.25, -0.2) is 0 Å². The molecule has 0 bridgehead atoms. The highest BCUT2D eigenvalue weighted by Gasteiger charge is 2.22. The topological polar surface area (TPSA) is 37.3 Å². The van der Waals surface area contributed by atoms with Crippen molar-refractivity contribution in [3.05, 3.63) is 21.9 Å². The number of rotatable bonds is 4. The first-order valence-corrected chi connectivity index (χ1v) is 5.66. The molecular weight excluding hydrogens is 196 g/mol. The van der Waals surface area contributed by atoms with Gasteiger partial charge in [-0.2, -0.15) is 0 Å². The molecule has 0 saturated carbocycles. The Labute approximate surface area is 88.6 Å². The highest BCUT2D eigenvalue weighted by molar-refractivity contribution is 7.10. The van der Waals surface area contributed by atoms with Crippen LogP contribution in [0.15, 0.2) is 11.4 Å². The van der Waals surface area contributed by atoms with Crippen LogP contribution < -0.4 is 0 Å². The van der Waals surface area contributed by atoms with Crippen LogP contribution in [0.4, 0.5) is 0 Å². The number of carbonyl (C=O) groups is 1. The fraction of sp³-hybridized carbons (Fsp3) is 0.545. The molecule has 0 aliphatic carbocycles.